The minimum atomic E-state index is 0.107. The SMILES string of the molecule is CC(C)c1ccc(CN(C)CC(=O)N(C)Cc2nc3ccccc3s2)cc1. The lowest BCUT2D eigenvalue weighted by molar-refractivity contribution is -0.131. The second kappa shape index (κ2) is 8.63. The van der Waals surface area contributed by atoms with Crippen molar-refractivity contribution in [2.75, 3.05) is 20.6 Å². The first kappa shape index (κ1) is 19.5. The molecule has 0 N–H and O–H groups in total. The number of benzene rings is 2. The van der Waals surface area contributed by atoms with E-state index in [1.807, 2.05) is 32.3 Å². The van der Waals surface area contributed by atoms with E-state index in [0.717, 1.165) is 21.8 Å². The summed E-state index contributed by atoms with van der Waals surface area (Å²) in [6.45, 7) is 6.10. The van der Waals surface area contributed by atoms with E-state index < -0.39 is 0 Å². The van der Waals surface area contributed by atoms with E-state index in [4.69, 9.17) is 0 Å². The van der Waals surface area contributed by atoms with Gasteiger partial charge in [-0.2, -0.15) is 0 Å². The fourth-order valence-corrected chi connectivity index (χ4v) is 4.03. The van der Waals surface area contributed by atoms with Gasteiger partial charge in [-0.1, -0.05) is 50.2 Å². The number of para-hydroxylation sites is 1. The van der Waals surface area contributed by atoms with Gasteiger partial charge < -0.3 is 4.90 Å². The van der Waals surface area contributed by atoms with Gasteiger partial charge in [-0.3, -0.25) is 9.69 Å². The molecular formula is C22H27N3OS. The number of aromatic nitrogens is 1. The highest BCUT2D eigenvalue weighted by molar-refractivity contribution is 7.18. The molecule has 0 saturated carbocycles. The second-order valence-corrected chi connectivity index (χ2v) is 8.51. The van der Waals surface area contributed by atoms with Crippen LogP contribution in [0.15, 0.2) is 48.5 Å². The number of likely N-dealkylation sites (N-methyl/N-ethyl adjacent to an activating group) is 2. The highest BCUT2D eigenvalue weighted by Crippen LogP contribution is 2.22. The van der Waals surface area contributed by atoms with E-state index in [-0.39, 0.29) is 5.91 Å². The molecule has 0 aliphatic rings. The molecule has 0 unspecified atom stereocenters. The lowest BCUT2D eigenvalue weighted by Gasteiger charge is -2.21. The monoisotopic (exact) mass is 381 g/mol. The molecule has 3 rings (SSSR count). The molecule has 1 heterocycles. The Hall–Kier alpha value is -2.24. The first-order chi connectivity index (χ1) is 12.9. The number of hydrogen-bond acceptors (Lipinski definition) is 4. The van der Waals surface area contributed by atoms with E-state index in [2.05, 4.69) is 54.1 Å². The summed E-state index contributed by atoms with van der Waals surface area (Å²) < 4.78 is 1.16. The lowest BCUT2D eigenvalue weighted by Crippen LogP contribution is -2.36. The van der Waals surface area contributed by atoms with Crippen LogP contribution in [0.4, 0.5) is 0 Å². The van der Waals surface area contributed by atoms with E-state index in [9.17, 15) is 4.79 Å². The zero-order valence-corrected chi connectivity index (χ0v) is 17.3. The normalized spacial score (nSPS) is 11.5. The van der Waals surface area contributed by atoms with Gasteiger partial charge in [-0.05, 0) is 36.2 Å². The van der Waals surface area contributed by atoms with Crippen molar-refractivity contribution >= 4 is 27.5 Å². The Bertz CT molecular complexity index is 868. The fraction of sp³-hybridized carbons (Fsp3) is 0.364. The summed E-state index contributed by atoms with van der Waals surface area (Å²) in [6.07, 6.45) is 0. The van der Waals surface area contributed by atoms with Crippen LogP contribution in [0.5, 0.6) is 0 Å². The molecule has 4 nitrogen and oxygen atoms in total. The molecule has 5 heteroatoms. The van der Waals surface area contributed by atoms with E-state index in [1.165, 1.54) is 11.1 Å². The maximum absolute atomic E-state index is 12.6. The van der Waals surface area contributed by atoms with Crippen LogP contribution in [-0.2, 0) is 17.9 Å². The van der Waals surface area contributed by atoms with Crippen molar-refractivity contribution in [3.05, 3.63) is 64.7 Å². The summed E-state index contributed by atoms with van der Waals surface area (Å²) in [5.41, 5.74) is 3.57. The molecule has 0 aliphatic heterocycles. The lowest BCUT2D eigenvalue weighted by atomic mass is 10.0. The Labute approximate surface area is 165 Å². The minimum Gasteiger partial charge on any atom is -0.338 e. The Morgan fingerprint density at radius 2 is 1.74 bits per heavy atom. The zero-order chi connectivity index (χ0) is 19.4. The average molecular weight is 382 g/mol. The van der Waals surface area contributed by atoms with Crippen molar-refractivity contribution in [2.45, 2.75) is 32.9 Å². The van der Waals surface area contributed by atoms with Gasteiger partial charge in [0.15, 0.2) is 0 Å². The molecule has 0 saturated heterocycles. The first-order valence-electron chi connectivity index (χ1n) is 9.28. The van der Waals surface area contributed by atoms with Gasteiger partial charge in [0.1, 0.15) is 5.01 Å². The van der Waals surface area contributed by atoms with Crippen molar-refractivity contribution < 1.29 is 4.79 Å². The van der Waals surface area contributed by atoms with E-state index >= 15 is 0 Å². The quantitative estimate of drug-likeness (QED) is 0.604. The molecule has 0 radical (unpaired) electrons. The van der Waals surface area contributed by atoms with Gasteiger partial charge in [0.2, 0.25) is 5.91 Å². The van der Waals surface area contributed by atoms with E-state index in [1.54, 1.807) is 16.2 Å². The number of rotatable bonds is 7. The third-order valence-corrected chi connectivity index (χ3v) is 5.66. The number of carbonyl (C=O) groups excluding carboxylic acids is 1. The van der Waals surface area contributed by atoms with Gasteiger partial charge in [-0.15, -0.1) is 11.3 Å². The molecule has 1 amide bonds. The Morgan fingerprint density at radius 1 is 1.04 bits per heavy atom. The number of amides is 1. The topological polar surface area (TPSA) is 36.4 Å². The molecule has 142 valence electrons. The summed E-state index contributed by atoms with van der Waals surface area (Å²) in [7, 11) is 3.83. The van der Waals surface area contributed by atoms with Crippen LogP contribution in [0, 0.1) is 0 Å². The summed E-state index contributed by atoms with van der Waals surface area (Å²) >= 11 is 1.65. The van der Waals surface area contributed by atoms with Crippen molar-refractivity contribution in [3.8, 4) is 0 Å². The number of hydrogen-bond donors (Lipinski definition) is 0. The van der Waals surface area contributed by atoms with Gasteiger partial charge >= 0.3 is 0 Å². The van der Waals surface area contributed by atoms with Crippen molar-refractivity contribution in [3.63, 3.8) is 0 Å². The number of thiazole rings is 1. The second-order valence-electron chi connectivity index (χ2n) is 7.39. The molecule has 0 aliphatic carbocycles. The van der Waals surface area contributed by atoms with Gasteiger partial charge in [-0.25, -0.2) is 4.98 Å². The van der Waals surface area contributed by atoms with Gasteiger partial charge in [0.25, 0.3) is 0 Å². The maximum Gasteiger partial charge on any atom is 0.236 e. The van der Waals surface area contributed by atoms with Crippen LogP contribution in [0.3, 0.4) is 0 Å². The van der Waals surface area contributed by atoms with Crippen LogP contribution in [0.25, 0.3) is 10.2 Å². The standard InChI is InChI=1S/C22H27N3OS/c1-16(2)18-11-9-17(10-12-18)13-24(3)15-22(26)25(4)14-21-23-19-7-5-6-8-20(19)27-21/h5-12,16H,13-15H2,1-4H3. The largest absolute Gasteiger partial charge is 0.338 e. The predicted molar refractivity (Wildman–Crippen MR) is 113 cm³/mol. The zero-order valence-electron chi connectivity index (χ0n) is 16.5. The number of carbonyl (C=O) groups is 1. The first-order valence-corrected chi connectivity index (χ1v) is 10.1. The van der Waals surface area contributed by atoms with Crippen LogP contribution >= 0.6 is 11.3 Å². The van der Waals surface area contributed by atoms with Gasteiger partial charge in [0.05, 0.1) is 23.3 Å². The molecule has 0 atom stereocenters. The molecule has 3 aromatic rings. The van der Waals surface area contributed by atoms with Crippen LogP contribution in [0.1, 0.15) is 35.9 Å². The smallest absolute Gasteiger partial charge is 0.236 e. The predicted octanol–water partition coefficient (Wildman–Crippen LogP) is 4.51. The Morgan fingerprint density at radius 3 is 2.41 bits per heavy atom. The minimum absolute atomic E-state index is 0.107. The highest BCUT2D eigenvalue weighted by Gasteiger charge is 2.14. The Balaban J connectivity index is 1.53. The summed E-state index contributed by atoms with van der Waals surface area (Å²) in [6, 6.07) is 16.7. The highest BCUT2D eigenvalue weighted by atomic mass is 32.1. The Kier molecular flexibility index (Phi) is 6.24. The van der Waals surface area contributed by atoms with Crippen LogP contribution < -0.4 is 0 Å². The molecule has 0 bridgehead atoms. The van der Waals surface area contributed by atoms with Crippen molar-refractivity contribution in [1.29, 1.82) is 0 Å². The molecular weight excluding hydrogens is 354 g/mol. The summed E-state index contributed by atoms with van der Waals surface area (Å²) in [5, 5.41) is 0.971. The number of fused-ring (bicyclic) bond motifs is 1. The average Bonchev–Trinajstić information content (AvgIpc) is 3.04. The third-order valence-electron chi connectivity index (χ3n) is 4.64. The van der Waals surface area contributed by atoms with Crippen molar-refractivity contribution in [2.24, 2.45) is 0 Å². The molecule has 2 aromatic carbocycles. The van der Waals surface area contributed by atoms with Crippen molar-refractivity contribution in [1.82, 2.24) is 14.8 Å². The molecule has 0 fully saturated rings. The van der Waals surface area contributed by atoms with Crippen LogP contribution in [-0.4, -0.2) is 41.3 Å². The third kappa shape index (κ3) is 5.15. The van der Waals surface area contributed by atoms with E-state index in [0.29, 0.717) is 19.0 Å². The maximum atomic E-state index is 12.6. The summed E-state index contributed by atoms with van der Waals surface area (Å²) in [4.78, 5) is 21.0. The van der Waals surface area contributed by atoms with Crippen LogP contribution in [0.2, 0.25) is 0 Å². The fourth-order valence-electron chi connectivity index (χ4n) is 3.01. The van der Waals surface area contributed by atoms with Gasteiger partial charge in [0, 0.05) is 13.6 Å². The summed E-state index contributed by atoms with van der Waals surface area (Å²) in [5.74, 6) is 0.644. The molecule has 0 spiro atoms. The molecule has 27 heavy (non-hydrogen) atoms. The number of nitrogens with zero attached hydrogens (tertiary/aromatic N) is 3. The molecule has 1 aromatic heterocycles.